The second-order valence-corrected chi connectivity index (χ2v) is 8.39. The van der Waals surface area contributed by atoms with Gasteiger partial charge in [0.25, 0.3) is 0 Å². The Morgan fingerprint density at radius 2 is 1.87 bits per heavy atom. The van der Waals surface area contributed by atoms with E-state index in [2.05, 4.69) is 19.1 Å². The summed E-state index contributed by atoms with van der Waals surface area (Å²) in [4.78, 5) is 30.1. The molecule has 2 unspecified atom stereocenters. The molecule has 0 N–H and O–H groups in total. The number of methoxy groups -OCH3 is 1. The fraction of sp³-hybridized carbons (Fsp3) is 0.520. The molecular weight excluding hydrogens is 390 g/mol. The molecule has 3 rings (SSSR count). The molecule has 6 nitrogen and oxygen atoms in total. The summed E-state index contributed by atoms with van der Waals surface area (Å²) >= 11 is 0. The molecule has 2 amide bonds. The van der Waals surface area contributed by atoms with E-state index in [9.17, 15) is 9.59 Å². The van der Waals surface area contributed by atoms with E-state index in [4.69, 9.17) is 4.74 Å². The third kappa shape index (κ3) is 6.20. The number of benzene rings is 1. The first-order valence-electron chi connectivity index (χ1n) is 11.3. The summed E-state index contributed by atoms with van der Waals surface area (Å²) in [7, 11) is 3.61. The van der Waals surface area contributed by atoms with Crippen molar-refractivity contribution in [3.63, 3.8) is 0 Å². The molecular formula is C25H35N3O3. The zero-order valence-corrected chi connectivity index (χ0v) is 19.0. The van der Waals surface area contributed by atoms with Gasteiger partial charge < -0.3 is 19.1 Å². The lowest BCUT2D eigenvalue weighted by Crippen LogP contribution is -2.45. The van der Waals surface area contributed by atoms with Crippen molar-refractivity contribution in [1.29, 1.82) is 0 Å². The molecule has 6 heteroatoms. The highest BCUT2D eigenvalue weighted by Gasteiger charge is 2.46. The highest BCUT2D eigenvalue weighted by molar-refractivity contribution is 5.88. The molecule has 1 aliphatic carbocycles. The fourth-order valence-corrected chi connectivity index (χ4v) is 4.00. The number of nitrogens with zero attached hydrogens (tertiary/aromatic N) is 3. The predicted molar refractivity (Wildman–Crippen MR) is 121 cm³/mol. The number of carbonyl (C=O) groups is 2. The molecule has 0 bridgehead atoms. The van der Waals surface area contributed by atoms with Gasteiger partial charge in [-0.15, -0.1) is 0 Å². The van der Waals surface area contributed by atoms with Gasteiger partial charge in [-0.1, -0.05) is 43.7 Å². The van der Waals surface area contributed by atoms with E-state index in [1.807, 2.05) is 53.0 Å². The number of hydrogen-bond donors (Lipinski definition) is 0. The minimum Gasteiger partial charge on any atom is -0.383 e. The highest BCUT2D eigenvalue weighted by Crippen LogP contribution is 2.48. The number of rotatable bonds is 12. The maximum Gasteiger partial charge on any atom is 0.242 e. The summed E-state index contributed by atoms with van der Waals surface area (Å²) in [6.07, 6.45) is 4.80. The van der Waals surface area contributed by atoms with Crippen molar-refractivity contribution in [1.82, 2.24) is 14.4 Å². The molecule has 31 heavy (non-hydrogen) atoms. The monoisotopic (exact) mass is 425 g/mol. The lowest BCUT2D eigenvalue weighted by atomic mass is 10.1. The van der Waals surface area contributed by atoms with Crippen LogP contribution in [0.2, 0.25) is 0 Å². The van der Waals surface area contributed by atoms with Crippen LogP contribution in [0.25, 0.3) is 0 Å². The Balaban J connectivity index is 1.66. The van der Waals surface area contributed by atoms with Crippen molar-refractivity contribution in [3.05, 3.63) is 59.9 Å². The Hall–Kier alpha value is -2.60. The van der Waals surface area contributed by atoms with Gasteiger partial charge in [-0.2, -0.15) is 0 Å². The van der Waals surface area contributed by atoms with Crippen molar-refractivity contribution >= 4 is 11.8 Å². The smallest absolute Gasteiger partial charge is 0.242 e. The molecule has 0 spiro atoms. The quantitative estimate of drug-likeness (QED) is 0.524. The van der Waals surface area contributed by atoms with Crippen LogP contribution in [0.4, 0.5) is 0 Å². The third-order valence-corrected chi connectivity index (χ3v) is 6.08. The summed E-state index contributed by atoms with van der Waals surface area (Å²) in [5.41, 5.74) is 2.29. The molecule has 1 saturated carbocycles. The molecule has 1 aromatic carbocycles. The number of ether oxygens (including phenoxy) is 1. The summed E-state index contributed by atoms with van der Waals surface area (Å²) < 4.78 is 7.26. The first-order chi connectivity index (χ1) is 15.0. The normalized spacial score (nSPS) is 17.4. The van der Waals surface area contributed by atoms with Crippen LogP contribution in [0.5, 0.6) is 0 Å². The van der Waals surface area contributed by atoms with Gasteiger partial charge in [0.2, 0.25) is 11.8 Å². The molecule has 2 aromatic rings. The molecule has 168 valence electrons. The molecule has 1 aliphatic rings. The summed E-state index contributed by atoms with van der Waals surface area (Å²) in [5, 5.41) is 0. The van der Waals surface area contributed by atoms with Gasteiger partial charge in [0, 0.05) is 45.1 Å². The standard InChI is InChI=1S/C25H35N3O3/c1-4-5-14-27(18-21-12-9-13-26(21)2)24(29)19-28(15-16-31-3)25(30)23-17-22(23)20-10-7-6-8-11-20/h6-13,22-23H,4-5,14-19H2,1-3H3. The SMILES string of the molecule is CCCCN(Cc1cccn1C)C(=O)CN(CCOC)C(=O)C1CC1c1ccccc1. The molecule has 1 heterocycles. The average molecular weight is 426 g/mol. The summed E-state index contributed by atoms with van der Waals surface area (Å²) in [6, 6.07) is 14.2. The summed E-state index contributed by atoms with van der Waals surface area (Å²) in [6.45, 7) is 4.34. The van der Waals surface area contributed by atoms with Crippen LogP contribution in [-0.2, 0) is 27.9 Å². The average Bonchev–Trinajstić information content (AvgIpc) is 3.49. The first-order valence-corrected chi connectivity index (χ1v) is 11.3. The van der Waals surface area contributed by atoms with E-state index < -0.39 is 0 Å². The van der Waals surface area contributed by atoms with Crippen LogP contribution >= 0.6 is 0 Å². The second-order valence-electron chi connectivity index (χ2n) is 8.39. The number of aromatic nitrogens is 1. The van der Waals surface area contributed by atoms with Gasteiger partial charge in [0.15, 0.2) is 0 Å². The molecule has 0 saturated heterocycles. The minimum absolute atomic E-state index is 0.00369. The zero-order chi connectivity index (χ0) is 22.2. The van der Waals surface area contributed by atoms with E-state index in [1.54, 1.807) is 12.0 Å². The van der Waals surface area contributed by atoms with Gasteiger partial charge in [0.1, 0.15) is 0 Å². The number of carbonyl (C=O) groups excluding carboxylic acids is 2. The zero-order valence-electron chi connectivity index (χ0n) is 19.0. The topological polar surface area (TPSA) is 54.8 Å². The number of amides is 2. The first kappa shape index (κ1) is 23.1. The van der Waals surface area contributed by atoms with E-state index in [-0.39, 0.29) is 30.2 Å². The maximum absolute atomic E-state index is 13.2. The van der Waals surface area contributed by atoms with Crippen LogP contribution in [-0.4, -0.2) is 59.5 Å². The van der Waals surface area contributed by atoms with Crippen molar-refractivity contribution in [2.24, 2.45) is 13.0 Å². The van der Waals surface area contributed by atoms with E-state index in [0.717, 1.165) is 25.0 Å². The van der Waals surface area contributed by atoms with Gasteiger partial charge in [-0.3, -0.25) is 9.59 Å². The molecule has 0 radical (unpaired) electrons. The minimum atomic E-state index is -0.0379. The highest BCUT2D eigenvalue weighted by atomic mass is 16.5. The Kier molecular flexibility index (Phi) is 8.29. The Morgan fingerprint density at radius 3 is 2.52 bits per heavy atom. The van der Waals surface area contributed by atoms with Crippen molar-refractivity contribution in [3.8, 4) is 0 Å². The number of unbranched alkanes of at least 4 members (excludes halogenated alkanes) is 1. The fourth-order valence-electron chi connectivity index (χ4n) is 4.00. The van der Waals surface area contributed by atoms with E-state index in [1.165, 1.54) is 5.56 Å². The van der Waals surface area contributed by atoms with Crippen LogP contribution in [0, 0.1) is 5.92 Å². The van der Waals surface area contributed by atoms with Crippen LogP contribution < -0.4 is 0 Å². The molecule has 0 aliphatic heterocycles. The Labute approximate surface area is 185 Å². The lowest BCUT2D eigenvalue weighted by molar-refractivity contribution is -0.142. The van der Waals surface area contributed by atoms with Crippen LogP contribution in [0.1, 0.15) is 43.4 Å². The van der Waals surface area contributed by atoms with Crippen molar-refractivity contribution in [2.75, 3.05) is 33.4 Å². The largest absolute Gasteiger partial charge is 0.383 e. The molecule has 1 aromatic heterocycles. The van der Waals surface area contributed by atoms with Gasteiger partial charge >= 0.3 is 0 Å². The third-order valence-electron chi connectivity index (χ3n) is 6.08. The van der Waals surface area contributed by atoms with Crippen LogP contribution in [0.15, 0.2) is 48.7 Å². The maximum atomic E-state index is 13.2. The van der Waals surface area contributed by atoms with E-state index >= 15 is 0 Å². The van der Waals surface area contributed by atoms with Crippen molar-refractivity contribution < 1.29 is 14.3 Å². The lowest BCUT2D eigenvalue weighted by Gasteiger charge is -2.28. The summed E-state index contributed by atoms with van der Waals surface area (Å²) in [5.74, 6) is 0.280. The number of aryl methyl sites for hydroxylation is 1. The van der Waals surface area contributed by atoms with E-state index in [0.29, 0.717) is 26.2 Å². The van der Waals surface area contributed by atoms with Gasteiger partial charge in [-0.05, 0) is 36.5 Å². The number of hydrogen-bond acceptors (Lipinski definition) is 3. The van der Waals surface area contributed by atoms with Crippen molar-refractivity contribution in [2.45, 2.75) is 38.6 Å². The Bertz CT molecular complexity index is 849. The van der Waals surface area contributed by atoms with Crippen LogP contribution in [0.3, 0.4) is 0 Å². The van der Waals surface area contributed by atoms with Gasteiger partial charge in [0.05, 0.1) is 19.7 Å². The molecule has 2 atom stereocenters. The molecule has 1 fully saturated rings. The Morgan fingerprint density at radius 1 is 1.10 bits per heavy atom. The predicted octanol–water partition coefficient (Wildman–Crippen LogP) is 3.43. The second kappa shape index (κ2) is 11.1. The van der Waals surface area contributed by atoms with Gasteiger partial charge in [-0.25, -0.2) is 0 Å².